The second-order valence-corrected chi connectivity index (χ2v) is 8.60. The number of urea groups is 1. The Morgan fingerprint density at radius 3 is 2.40 bits per heavy atom. The van der Waals surface area contributed by atoms with E-state index in [-0.39, 0.29) is 12.0 Å². The number of hydrogen-bond donors (Lipinski definition) is 2. The quantitative estimate of drug-likeness (QED) is 0.501. The van der Waals surface area contributed by atoms with Crippen molar-refractivity contribution in [2.45, 2.75) is 38.1 Å². The Kier molecular flexibility index (Phi) is 6.70. The van der Waals surface area contributed by atoms with Crippen LogP contribution in [0.2, 0.25) is 0 Å². The number of hydrogen-bond acceptors (Lipinski definition) is 4. The number of nitrogens with one attached hydrogen (secondary N) is 2. The second-order valence-electron chi connectivity index (χ2n) is 8.60. The van der Waals surface area contributed by atoms with Crippen molar-refractivity contribution >= 4 is 23.8 Å². The highest BCUT2D eigenvalue weighted by atomic mass is 19.1. The summed E-state index contributed by atoms with van der Waals surface area (Å²) in [5.41, 5.74) is 0.400. The summed E-state index contributed by atoms with van der Waals surface area (Å²) in [4.78, 5) is 28.5. The minimum Gasteiger partial charge on any atom is -0.388 e. The van der Waals surface area contributed by atoms with E-state index < -0.39 is 34.8 Å². The smallest absolute Gasteiger partial charge is 0.332 e. The van der Waals surface area contributed by atoms with Crippen LogP contribution in [-0.2, 0) is 4.79 Å². The monoisotopic (exact) mass is 476 g/mol. The summed E-state index contributed by atoms with van der Waals surface area (Å²) in [5, 5.41) is 11.2. The van der Waals surface area contributed by atoms with Crippen LogP contribution in [0.3, 0.4) is 0 Å². The Labute approximate surface area is 203 Å². The summed E-state index contributed by atoms with van der Waals surface area (Å²) in [6.45, 7) is 2.56. The van der Waals surface area contributed by atoms with E-state index >= 15 is 8.78 Å². The Morgan fingerprint density at radius 1 is 1.11 bits per heavy atom. The fourth-order valence-corrected chi connectivity index (χ4v) is 4.88. The van der Waals surface area contributed by atoms with Crippen molar-refractivity contribution in [2.75, 3.05) is 18.5 Å². The molecule has 1 spiro atoms. The molecule has 6 nitrogen and oxygen atoms in total. The summed E-state index contributed by atoms with van der Waals surface area (Å²) in [6.07, 6.45) is 2.89. The zero-order chi connectivity index (χ0) is 25.2. The third kappa shape index (κ3) is 4.30. The van der Waals surface area contributed by atoms with Crippen LogP contribution in [-0.4, -0.2) is 42.2 Å². The molecule has 1 saturated heterocycles. The lowest BCUT2D eigenvalue weighted by atomic mass is 9.74. The number of benzene rings is 2. The highest BCUT2D eigenvalue weighted by molar-refractivity contribution is 6.17. The van der Waals surface area contributed by atoms with Gasteiger partial charge < -0.3 is 15.6 Å². The standard InChI is InChI=1S/C27H26F2N4O2/c1-3-31-23-10-7-13-27(20(23)17-30)16-24(34)33(26(35)32(27)2)25-21(28)14-19(15-22(25)29)12-11-18-8-5-4-6-9-18/h4-6,8-9,14-15,17,30-31H,3,7,10,13,16H2,1-2H3/t27-/m0/s1. The highest BCUT2D eigenvalue weighted by Gasteiger charge is 2.52. The normalized spacial score (nSPS) is 20.1. The average Bonchev–Trinajstić information content (AvgIpc) is 2.84. The van der Waals surface area contributed by atoms with Gasteiger partial charge in [0.2, 0.25) is 5.91 Å². The van der Waals surface area contributed by atoms with Gasteiger partial charge in [-0.15, -0.1) is 0 Å². The van der Waals surface area contributed by atoms with Gasteiger partial charge in [-0.2, -0.15) is 0 Å². The third-order valence-corrected chi connectivity index (χ3v) is 6.56. The van der Waals surface area contributed by atoms with Gasteiger partial charge in [0, 0.05) is 42.2 Å². The summed E-state index contributed by atoms with van der Waals surface area (Å²) < 4.78 is 30.2. The van der Waals surface area contributed by atoms with E-state index in [1.54, 1.807) is 24.3 Å². The van der Waals surface area contributed by atoms with E-state index in [0.717, 1.165) is 17.8 Å². The van der Waals surface area contributed by atoms with Gasteiger partial charge in [0.25, 0.3) is 0 Å². The van der Waals surface area contributed by atoms with Crippen LogP contribution in [0.5, 0.6) is 0 Å². The molecule has 0 radical (unpaired) electrons. The number of carbonyl (C=O) groups is 2. The summed E-state index contributed by atoms with van der Waals surface area (Å²) in [6, 6.07) is 10.2. The molecule has 1 fully saturated rings. The number of nitrogens with zero attached hydrogens (tertiary/aromatic N) is 2. The van der Waals surface area contributed by atoms with Crippen molar-refractivity contribution in [3.8, 4) is 11.8 Å². The van der Waals surface area contributed by atoms with Crippen molar-refractivity contribution in [2.24, 2.45) is 0 Å². The molecule has 180 valence electrons. The molecule has 0 aromatic heterocycles. The Balaban J connectivity index is 1.70. The van der Waals surface area contributed by atoms with E-state index in [1.165, 1.54) is 18.2 Å². The van der Waals surface area contributed by atoms with E-state index in [1.807, 2.05) is 13.0 Å². The fourth-order valence-electron chi connectivity index (χ4n) is 4.88. The molecule has 1 aliphatic heterocycles. The first kappa shape index (κ1) is 24.1. The molecule has 1 heterocycles. The molecule has 0 bridgehead atoms. The molecule has 35 heavy (non-hydrogen) atoms. The van der Waals surface area contributed by atoms with E-state index in [4.69, 9.17) is 5.41 Å². The van der Waals surface area contributed by atoms with Gasteiger partial charge in [0.05, 0.1) is 12.0 Å². The molecule has 1 atom stereocenters. The maximum atomic E-state index is 15.1. The average molecular weight is 477 g/mol. The Morgan fingerprint density at radius 2 is 1.77 bits per heavy atom. The van der Waals surface area contributed by atoms with Gasteiger partial charge in [-0.25, -0.2) is 18.5 Å². The SMILES string of the molecule is CCNC1=C(C=N)[C@]2(CCC1)CC(=O)N(c1c(F)cc(C#Cc3ccccc3)cc1F)C(=O)N2C. The van der Waals surface area contributed by atoms with E-state index in [2.05, 4.69) is 17.2 Å². The largest absolute Gasteiger partial charge is 0.388 e. The number of allylic oxidation sites excluding steroid dienone is 1. The van der Waals surface area contributed by atoms with Crippen molar-refractivity contribution in [1.29, 1.82) is 5.41 Å². The Hall–Kier alpha value is -3.99. The van der Waals surface area contributed by atoms with Gasteiger partial charge in [-0.3, -0.25) is 4.79 Å². The van der Waals surface area contributed by atoms with Crippen LogP contribution in [0.15, 0.2) is 53.7 Å². The van der Waals surface area contributed by atoms with Gasteiger partial charge in [-0.05, 0) is 50.5 Å². The third-order valence-electron chi connectivity index (χ3n) is 6.56. The molecule has 0 unspecified atom stereocenters. The molecule has 2 aliphatic rings. The van der Waals surface area contributed by atoms with E-state index in [9.17, 15) is 9.59 Å². The van der Waals surface area contributed by atoms with Crippen LogP contribution >= 0.6 is 0 Å². The number of anilines is 1. The zero-order valence-electron chi connectivity index (χ0n) is 19.6. The van der Waals surface area contributed by atoms with Crippen molar-refractivity contribution in [1.82, 2.24) is 10.2 Å². The van der Waals surface area contributed by atoms with E-state index in [0.29, 0.717) is 41.8 Å². The maximum absolute atomic E-state index is 15.1. The van der Waals surface area contributed by atoms with Crippen LogP contribution < -0.4 is 10.2 Å². The lowest BCUT2D eigenvalue weighted by molar-refractivity contribution is -0.121. The number of rotatable bonds is 4. The molecule has 4 rings (SSSR count). The highest BCUT2D eigenvalue weighted by Crippen LogP contribution is 2.43. The lowest BCUT2D eigenvalue weighted by Crippen LogP contribution is -2.65. The van der Waals surface area contributed by atoms with Gasteiger partial charge in [0.1, 0.15) is 5.69 Å². The van der Waals surface area contributed by atoms with Crippen molar-refractivity contribution < 1.29 is 18.4 Å². The van der Waals surface area contributed by atoms with Gasteiger partial charge in [-0.1, -0.05) is 30.0 Å². The molecular formula is C27H26F2N4O2. The molecule has 3 amide bonds. The van der Waals surface area contributed by atoms with Crippen LogP contribution in [0.1, 0.15) is 43.7 Å². The van der Waals surface area contributed by atoms with Crippen LogP contribution in [0.4, 0.5) is 19.3 Å². The number of likely N-dealkylation sites (N-methyl/N-ethyl adjacent to an activating group) is 1. The minimum absolute atomic E-state index is 0.0888. The molecular weight excluding hydrogens is 450 g/mol. The topological polar surface area (TPSA) is 76.5 Å². The molecule has 2 N–H and O–H groups in total. The van der Waals surface area contributed by atoms with Crippen LogP contribution in [0.25, 0.3) is 0 Å². The predicted octanol–water partition coefficient (Wildman–Crippen LogP) is 4.59. The minimum atomic E-state index is -1.05. The summed E-state index contributed by atoms with van der Waals surface area (Å²) in [5.74, 6) is 2.73. The number of halogens is 2. The van der Waals surface area contributed by atoms with Crippen molar-refractivity contribution in [3.63, 3.8) is 0 Å². The van der Waals surface area contributed by atoms with Gasteiger partial charge in [0.15, 0.2) is 11.6 Å². The number of amides is 3. The zero-order valence-corrected chi connectivity index (χ0v) is 19.6. The lowest BCUT2D eigenvalue weighted by Gasteiger charge is -2.50. The number of imide groups is 1. The first-order valence-electron chi connectivity index (χ1n) is 11.5. The predicted molar refractivity (Wildman–Crippen MR) is 130 cm³/mol. The maximum Gasteiger partial charge on any atom is 0.332 e. The fraction of sp³-hybridized carbons (Fsp3) is 0.296. The first-order chi connectivity index (χ1) is 16.8. The summed E-state index contributed by atoms with van der Waals surface area (Å²) >= 11 is 0. The summed E-state index contributed by atoms with van der Waals surface area (Å²) in [7, 11) is 1.51. The van der Waals surface area contributed by atoms with Gasteiger partial charge >= 0.3 is 6.03 Å². The number of carbonyl (C=O) groups excluding carboxylic acids is 2. The molecule has 2 aromatic carbocycles. The molecule has 0 saturated carbocycles. The first-order valence-corrected chi connectivity index (χ1v) is 11.5. The van der Waals surface area contributed by atoms with Crippen molar-refractivity contribution in [3.05, 3.63) is 76.5 Å². The molecule has 8 heteroatoms. The van der Waals surface area contributed by atoms with Crippen LogP contribution in [0, 0.1) is 28.9 Å². The molecule has 1 aliphatic carbocycles. The Bertz CT molecular complexity index is 1260. The molecule has 2 aromatic rings. The second kappa shape index (κ2) is 9.71.